The van der Waals surface area contributed by atoms with Crippen LogP contribution in [0.2, 0.25) is 0 Å². The number of hydrogen-bond donors (Lipinski definition) is 3. The van der Waals surface area contributed by atoms with Crippen molar-refractivity contribution in [3.05, 3.63) is 131 Å². The highest BCUT2D eigenvalue weighted by atomic mass is 16.2. The van der Waals surface area contributed by atoms with E-state index in [0.29, 0.717) is 19.6 Å². The predicted octanol–water partition coefficient (Wildman–Crippen LogP) is 6.04. The maximum absolute atomic E-state index is 13.2. The van der Waals surface area contributed by atoms with Crippen molar-refractivity contribution in [1.82, 2.24) is 16.0 Å². The van der Waals surface area contributed by atoms with Crippen LogP contribution in [-0.4, -0.2) is 12.1 Å². The van der Waals surface area contributed by atoms with Crippen LogP contribution < -0.4 is 20.9 Å². The van der Waals surface area contributed by atoms with Crippen LogP contribution in [0.25, 0.3) is 0 Å². The van der Waals surface area contributed by atoms with Gasteiger partial charge >= 0.3 is 12.1 Å². The van der Waals surface area contributed by atoms with Crippen LogP contribution in [-0.2, 0) is 19.6 Å². The predicted molar refractivity (Wildman–Crippen MR) is 144 cm³/mol. The summed E-state index contributed by atoms with van der Waals surface area (Å²) < 4.78 is 0. The van der Waals surface area contributed by atoms with Gasteiger partial charge in [0.2, 0.25) is 0 Å². The molecule has 6 heteroatoms. The quantitative estimate of drug-likeness (QED) is 0.289. The summed E-state index contributed by atoms with van der Waals surface area (Å²) in [6, 6.07) is 34.5. The van der Waals surface area contributed by atoms with Crippen LogP contribution in [0.15, 0.2) is 109 Å². The van der Waals surface area contributed by atoms with Crippen molar-refractivity contribution in [3.63, 3.8) is 0 Å². The molecule has 182 valence electrons. The molecule has 0 atom stereocenters. The lowest BCUT2D eigenvalue weighted by Gasteiger charge is -2.23. The molecule has 0 fully saturated rings. The summed E-state index contributed by atoms with van der Waals surface area (Å²) in [4.78, 5) is 27.0. The number of carbonyl (C=O) groups excluding carboxylic acids is 2. The van der Waals surface area contributed by atoms with Crippen molar-refractivity contribution in [1.29, 1.82) is 0 Å². The number of aryl methyl sites for hydroxylation is 1. The van der Waals surface area contributed by atoms with Crippen molar-refractivity contribution in [2.24, 2.45) is 0 Å². The van der Waals surface area contributed by atoms with E-state index in [0.717, 1.165) is 28.1 Å². The van der Waals surface area contributed by atoms with E-state index in [2.05, 4.69) is 16.0 Å². The summed E-state index contributed by atoms with van der Waals surface area (Å²) in [6.45, 7) is 3.26. The highest BCUT2D eigenvalue weighted by Gasteiger charge is 2.17. The van der Waals surface area contributed by atoms with Crippen LogP contribution in [0.5, 0.6) is 0 Å². The lowest BCUT2D eigenvalue weighted by molar-refractivity contribution is 0.240. The number of carbonyl (C=O) groups is 2. The fraction of sp³-hybridized carbons (Fsp3) is 0.133. The fourth-order valence-corrected chi connectivity index (χ4v) is 3.78. The van der Waals surface area contributed by atoms with Gasteiger partial charge in [0.15, 0.2) is 0 Å². The maximum atomic E-state index is 13.2. The Balaban J connectivity index is 1.32. The van der Waals surface area contributed by atoms with Crippen LogP contribution in [0.4, 0.5) is 21.0 Å². The summed E-state index contributed by atoms with van der Waals surface area (Å²) in [5, 5.41) is 8.78. The second kappa shape index (κ2) is 12.2. The van der Waals surface area contributed by atoms with Gasteiger partial charge in [-0.05, 0) is 47.9 Å². The number of benzene rings is 4. The fourth-order valence-electron chi connectivity index (χ4n) is 3.78. The van der Waals surface area contributed by atoms with E-state index in [-0.39, 0.29) is 12.1 Å². The molecule has 0 saturated heterocycles. The first kappa shape index (κ1) is 24.5. The van der Waals surface area contributed by atoms with Crippen molar-refractivity contribution in [2.75, 3.05) is 4.90 Å². The Morgan fingerprint density at radius 2 is 1.08 bits per heavy atom. The summed E-state index contributed by atoms with van der Waals surface area (Å²) in [5.41, 5.74) is 5.71. The molecular formula is C30H30N4O2. The van der Waals surface area contributed by atoms with Crippen LogP contribution >= 0.6 is 0 Å². The molecule has 0 aliphatic carbocycles. The highest BCUT2D eigenvalue weighted by molar-refractivity contribution is 5.99. The Bertz CT molecular complexity index is 1240. The molecule has 0 aliphatic rings. The molecule has 4 amide bonds. The minimum absolute atomic E-state index is 0.216. The molecule has 3 N–H and O–H groups in total. The molecule has 4 rings (SSSR count). The van der Waals surface area contributed by atoms with Gasteiger partial charge in [-0.25, -0.2) is 9.59 Å². The number of anilines is 2. The second-order valence-electron chi connectivity index (χ2n) is 8.51. The Hall–Kier alpha value is -4.58. The third-order valence-electron chi connectivity index (χ3n) is 5.69. The largest absolute Gasteiger partial charge is 0.334 e. The number of amides is 4. The number of rotatable bonds is 8. The molecule has 4 aromatic rings. The first-order chi connectivity index (χ1) is 17.6. The molecule has 0 saturated carbocycles. The third-order valence-corrected chi connectivity index (χ3v) is 5.69. The first-order valence-corrected chi connectivity index (χ1v) is 11.9. The zero-order valence-corrected chi connectivity index (χ0v) is 20.3. The van der Waals surface area contributed by atoms with E-state index in [1.807, 2.05) is 116 Å². The smallest absolute Gasteiger partial charge is 0.326 e. The van der Waals surface area contributed by atoms with Gasteiger partial charge in [0.25, 0.3) is 0 Å². The monoisotopic (exact) mass is 478 g/mol. The van der Waals surface area contributed by atoms with E-state index in [4.69, 9.17) is 0 Å². The standard InChI is InChI=1S/C30H30N4O2/c1-23-15-17-24(18-16-23)20-31-29(35)32-21-25-9-8-10-26(19-25)22-33-30(36)34(27-11-4-2-5-12-27)28-13-6-3-7-14-28/h2-19H,20-22H2,1H3,(H,33,36)(H2,31,32,35). The van der Waals surface area contributed by atoms with E-state index in [1.54, 1.807) is 4.90 Å². The number of nitrogens with one attached hydrogen (secondary N) is 3. The Labute approximate surface area is 212 Å². The lowest BCUT2D eigenvalue weighted by atomic mass is 10.1. The topological polar surface area (TPSA) is 73.5 Å². The maximum Gasteiger partial charge on any atom is 0.326 e. The zero-order valence-electron chi connectivity index (χ0n) is 20.3. The van der Waals surface area contributed by atoms with Crippen molar-refractivity contribution in [3.8, 4) is 0 Å². The molecule has 0 aromatic heterocycles. The van der Waals surface area contributed by atoms with Gasteiger partial charge in [0.1, 0.15) is 0 Å². The second-order valence-corrected chi connectivity index (χ2v) is 8.51. The summed E-state index contributed by atoms with van der Waals surface area (Å²) >= 11 is 0. The number of nitrogens with zero attached hydrogens (tertiary/aromatic N) is 1. The van der Waals surface area contributed by atoms with Crippen molar-refractivity contribution >= 4 is 23.4 Å². The van der Waals surface area contributed by atoms with Gasteiger partial charge in [0, 0.05) is 19.6 Å². The van der Waals surface area contributed by atoms with Crippen LogP contribution in [0, 0.1) is 6.92 Å². The van der Waals surface area contributed by atoms with Crippen molar-refractivity contribution in [2.45, 2.75) is 26.6 Å². The lowest BCUT2D eigenvalue weighted by Crippen LogP contribution is -2.36. The summed E-state index contributed by atoms with van der Waals surface area (Å²) in [5.74, 6) is 0. The summed E-state index contributed by atoms with van der Waals surface area (Å²) in [7, 11) is 0. The normalized spacial score (nSPS) is 10.4. The number of urea groups is 2. The van der Waals surface area contributed by atoms with Gasteiger partial charge in [-0.15, -0.1) is 0 Å². The highest BCUT2D eigenvalue weighted by Crippen LogP contribution is 2.25. The van der Waals surface area contributed by atoms with E-state index in [1.165, 1.54) is 5.56 Å². The average Bonchev–Trinajstić information content (AvgIpc) is 2.92. The van der Waals surface area contributed by atoms with E-state index >= 15 is 0 Å². The Morgan fingerprint density at radius 3 is 1.64 bits per heavy atom. The first-order valence-electron chi connectivity index (χ1n) is 11.9. The van der Waals surface area contributed by atoms with Gasteiger partial charge in [-0.3, -0.25) is 4.90 Å². The SMILES string of the molecule is Cc1ccc(CNC(=O)NCc2cccc(CNC(=O)N(c3ccccc3)c3ccccc3)c2)cc1. The number of hydrogen-bond acceptors (Lipinski definition) is 2. The minimum Gasteiger partial charge on any atom is -0.334 e. The molecule has 0 bridgehead atoms. The van der Waals surface area contributed by atoms with Crippen molar-refractivity contribution < 1.29 is 9.59 Å². The molecule has 0 spiro atoms. The van der Waals surface area contributed by atoms with Gasteiger partial charge < -0.3 is 16.0 Å². The molecule has 4 aromatic carbocycles. The zero-order chi connectivity index (χ0) is 25.2. The minimum atomic E-state index is -0.226. The van der Waals surface area contributed by atoms with Gasteiger partial charge in [-0.1, -0.05) is 90.5 Å². The van der Waals surface area contributed by atoms with Crippen LogP contribution in [0.1, 0.15) is 22.3 Å². The third kappa shape index (κ3) is 6.96. The molecular weight excluding hydrogens is 448 g/mol. The molecule has 0 unspecified atom stereocenters. The molecule has 36 heavy (non-hydrogen) atoms. The Kier molecular flexibility index (Phi) is 8.33. The van der Waals surface area contributed by atoms with E-state index in [9.17, 15) is 9.59 Å². The average molecular weight is 479 g/mol. The van der Waals surface area contributed by atoms with E-state index < -0.39 is 0 Å². The molecule has 0 aliphatic heterocycles. The number of para-hydroxylation sites is 2. The molecule has 0 radical (unpaired) electrons. The Morgan fingerprint density at radius 1 is 0.583 bits per heavy atom. The molecule has 6 nitrogen and oxygen atoms in total. The van der Waals surface area contributed by atoms with Gasteiger partial charge in [0.05, 0.1) is 11.4 Å². The molecule has 0 heterocycles. The van der Waals surface area contributed by atoms with Gasteiger partial charge in [-0.2, -0.15) is 0 Å². The van der Waals surface area contributed by atoms with Crippen LogP contribution in [0.3, 0.4) is 0 Å². The summed E-state index contributed by atoms with van der Waals surface area (Å²) in [6.07, 6.45) is 0.